The van der Waals surface area contributed by atoms with Gasteiger partial charge in [0.1, 0.15) is 11.0 Å². The Morgan fingerprint density at radius 3 is 2.59 bits per heavy atom. The average Bonchev–Trinajstić information content (AvgIpc) is 2.24. The molecule has 5 nitrogen and oxygen atoms in total. The summed E-state index contributed by atoms with van der Waals surface area (Å²) in [5.41, 5.74) is 0. The van der Waals surface area contributed by atoms with Gasteiger partial charge in [-0.3, -0.25) is 0 Å². The van der Waals surface area contributed by atoms with E-state index in [1.165, 1.54) is 0 Å². The highest BCUT2D eigenvalue weighted by Crippen LogP contribution is 2.28. The van der Waals surface area contributed by atoms with Crippen molar-refractivity contribution in [1.29, 1.82) is 0 Å². The molecule has 3 N–H and O–H groups in total. The number of nitrogens with zero attached hydrogens (tertiary/aromatic N) is 2. The zero-order valence-corrected chi connectivity index (χ0v) is 9.13. The van der Waals surface area contributed by atoms with Crippen LogP contribution in [0.15, 0.2) is 6.07 Å². The number of halogens is 4. The molecule has 1 rings (SSSR count). The quantitative estimate of drug-likeness (QED) is 0.710. The molecule has 0 amide bonds. The van der Waals surface area contributed by atoms with Crippen LogP contribution in [-0.4, -0.2) is 39.4 Å². The van der Waals surface area contributed by atoms with E-state index in [0.717, 1.165) is 6.07 Å². The Morgan fingerprint density at radius 2 is 2.06 bits per heavy atom. The second-order valence-electron chi connectivity index (χ2n) is 3.11. The van der Waals surface area contributed by atoms with E-state index in [9.17, 15) is 13.2 Å². The second kappa shape index (κ2) is 5.48. The van der Waals surface area contributed by atoms with Crippen LogP contribution in [0.1, 0.15) is 5.82 Å². The van der Waals surface area contributed by atoms with Crippen molar-refractivity contribution in [1.82, 2.24) is 9.97 Å². The maximum atomic E-state index is 12.3. The van der Waals surface area contributed by atoms with Crippen molar-refractivity contribution in [3.63, 3.8) is 0 Å². The van der Waals surface area contributed by atoms with E-state index in [0.29, 0.717) is 0 Å². The lowest BCUT2D eigenvalue weighted by molar-refractivity contribution is -0.144. The number of nitrogens with one attached hydrogen (secondary N) is 1. The Morgan fingerprint density at radius 1 is 1.41 bits per heavy atom. The van der Waals surface area contributed by atoms with Gasteiger partial charge in [-0.2, -0.15) is 13.2 Å². The van der Waals surface area contributed by atoms with Gasteiger partial charge in [0.15, 0.2) is 0 Å². The molecule has 0 aliphatic carbocycles. The van der Waals surface area contributed by atoms with Gasteiger partial charge >= 0.3 is 6.18 Å². The number of hydrogen-bond donors (Lipinski definition) is 3. The molecule has 1 unspecified atom stereocenters. The van der Waals surface area contributed by atoms with Crippen LogP contribution < -0.4 is 5.32 Å². The number of hydrogen-bond acceptors (Lipinski definition) is 5. The fraction of sp³-hybridized carbons (Fsp3) is 0.500. The summed E-state index contributed by atoms with van der Waals surface area (Å²) in [6.45, 7) is -0.668. The van der Waals surface area contributed by atoms with E-state index in [2.05, 4.69) is 15.3 Å². The fourth-order valence-corrected chi connectivity index (χ4v) is 1.11. The van der Waals surface area contributed by atoms with Crippen LogP contribution in [0.25, 0.3) is 0 Å². The summed E-state index contributed by atoms with van der Waals surface area (Å²) >= 11 is 5.40. The third-order valence-electron chi connectivity index (χ3n) is 1.68. The predicted molar refractivity (Wildman–Crippen MR) is 53.6 cm³/mol. The van der Waals surface area contributed by atoms with Crippen molar-refractivity contribution in [2.75, 3.05) is 18.5 Å². The summed E-state index contributed by atoms with van der Waals surface area (Å²) in [4.78, 5) is 6.22. The Kier molecular flexibility index (Phi) is 4.49. The minimum Gasteiger partial charge on any atom is -0.394 e. The van der Waals surface area contributed by atoms with Crippen molar-refractivity contribution in [2.45, 2.75) is 12.3 Å². The van der Waals surface area contributed by atoms with Crippen LogP contribution in [0, 0.1) is 0 Å². The Bertz CT molecular complexity index is 389. The predicted octanol–water partition coefficient (Wildman–Crippen LogP) is 0.914. The lowest BCUT2D eigenvalue weighted by atomic mass is 10.4. The molecule has 1 aromatic rings. The molecule has 0 aliphatic rings. The molecule has 1 atom stereocenters. The molecular weight excluding hydrogens is 263 g/mol. The maximum absolute atomic E-state index is 12.3. The van der Waals surface area contributed by atoms with Gasteiger partial charge in [-0.25, -0.2) is 9.97 Å². The molecule has 0 fully saturated rings. The largest absolute Gasteiger partial charge is 0.451 e. The Hall–Kier alpha value is -1.12. The van der Waals surface area contributed by atoms with Gasteiger partial charge in [-0.05, 0) is 0 Å². The van der Waals surface area contributed by atoms with Gasteiger partial charge in [0.25, 0.3) is 0 Å². The van der Waals surface area contributed by atoms with Crippen molar-refractivity contribution in [2.24, 2.45) is 0 Å². The van der Waals surface area contributed by atoms with Crippen LogP contribution >= 0.6 is 11.6 Å². The number of aromatic nitrogens is 2. The number of aliphatic hydroxyl groups excluding tert-OH is 2. The molecule has 0 bridgehead atoms. The van der Waals surface area contributed by atoms with Gasteiger partial charge in [-0.1, -0.05) is 11.6 Å². The molecule has 1 heterocycles. The van der Waals surface area contributed by atoms with Gasteiger partial charge in [0.05, 0.1) is 12.7 Å². The van der Waals surface area contributed by atoms with E-state index in [1.807, 2.05) is 0 Å². The fourth-order valence-electron chi connectivity index (χ4n) is 0.922. The smallest absolute Gasteiger partial charge is 0.394 e. The summed E-state index contributed by atoms with van der Waals surface area (Å²) in [5, 5.41) is 19.6. The summed E-state index contributed by atoms with van der Waals surface area (Å²) in [6.07, 6.45) is -5.80. The van der Waals surface area contributed by atoms with Gasteiger partial charge in [0.2, 0.25) is 5.82 Å². The standard InChI is InChI=1S/C8H9ClF3N3O2/c9-5-1-6(13-2-4(17)3-16)15-7(14-5)8(10,11)12/h1,4,16-17H,2-3H2,(H,13,14,15). The summed E-state index contributed by atoms with van der Waals surface area (Å²) < 4.78 is 36.9. The molecular formula is C8H9ClF3N3O2. The number of rotatable bonds is 4. The van der Waals surface area contributed by atoms with E-state index in [4.69, 9.17) is 21.8 Å². The zero-order valence-electron chi connectivity index (χ0n) is 8.37. The second-order valence-corrected chi connectivity index (χ2v) is 3.50. The van der Waals surface area contributed by atoms with Gasteiger partial charge < -0.3 is 15.5 Å². The normalized spacial score (nSPS) is 13.5. The molecule has 1 aromatic heterocycles. The molecule has 96 valence electrons. The number of aliphatic hydroxyl groups is 2. The first kappa shape index (κ1) is 13.9. The topological polar surface area (TPSA) is 78.3 Å². The Balaban J connectivity index is 2.83. The molecule has 9 heteroatoms. The molecule has 0 aliphatic heterocycles. The molecule has 0 saturated heterocycles. The third-order valence-corrected chi connectivity index (χ3v) is 1.87. The van der Waals surface area contributed by atoms with Gasteiger partial charge in [0, 0.05) is 12.6 Å². The van der Waals surface area contributed by atoms with Gasteiger partial charge in [-0.15, -0.1) is 0 Å². The lowest BCUT2D eigenvalue weighted by Crippen LogP contribution is -2.24. The van der Waals surface area contributed by atoms with Crippen molar-refractivity contribution < 1.29 is 23.4 Å². The monoisotopic (exact) mass is 271 g/mol. The van der Waals surface area contributed by atoms with Crippen molar-refractivity contribution in [3.05, 3.63) is 17.0 Å². The van der Waals surface area contributed by atoms with E-state index in [-0.39, 0.29) is 17.5 Å². The van der Waals surface area contributed by atoms with Crippen LogP contribution in [0.2, 0.25) is 5.15 Å². The van der Waals surface area contributed by atoms with E-state index < -0.39 is 24.7 Å². The molecule has 17 heavy (non-hydrogen) atoms. The SMILES string of the molecule is OCC(O)CNc1cc(Cl)nc(C(F)(F)F)n1. The minimum atomic E-state index is -4.70. The van der Waals surface area contributed by atoms with Crippen LogP contribution in [0.5, 0.6) is 0 Å². The highest BCUT2D eigenvalue weighted by molar-refractivity contribution is 6.29. The van der Waals surface area contributed by atoms with E-state index in [1.54, 1.807) is 0 Å². The molecule has 0 radical (unpaired) electrons. The summed E-state index contributed by atoms with van der Waals surface area (Å²) in [6, 6.07) is 1.08. The maximum Gasteiger partial charge on any atom is 0.451 e. The molecule has 0 saturated carbocycles. The molecule has 0 spiro atoms. The highest BCUT2D eigenvalue weighted by Gasteiger charge is 2.35. The highest BCUT2D eigenvalue weighted by atomic mass is 35.5. The van der Waals surface area contributed by atoms with Crippen molar-refractivity contribution in [3.8, 4) is 0 Å². The van der Waals surface area contributed by atoms with Crippen molar-refractivity contribution >= 4 is 17.4 Å². The van der Waals surface area contributed by atoms with Crippen LogP contribution in [-0.2, 0) is 6.18 Å². The summed E-state index contributed by atoms with van der Waals surface area (Å²) in [7, 11) is 0. The number of alkyl halides is 3. The first-order chi connectivity index (χ1) is 7.82. The third kappa shape index (κ3) is 4.33. The Labute approximate surface area is 99.3 Å². The number of anilines is 1. The summed E-state index contributed by atoms with van der Waals surface area (Å²) in [5.74, 6) is -1.55. The average molecular weight is 272 g/mol. The van der Waals surface area contributed by atoms with E-state index >= 15 is 0 Å². The molecule has 0 aromatic carbocycles. The minimum absolute atomic E-state index is 0.152. The van der Waals surface area contributed by atoms with Crippen LogP contribution in [0.4, 0.5) is 19.0 Å². The lowest BCUT2D eigenvalue weighted by Gasteiger charge is -2.11. The zero-order chi connectivity index (χ0) is 13.1. The first-order valence-electron chi connectivity index (χ1n) is 4.47. The first-order valence-corrected chi connectivity index (χ1v) is 4.85. The van der Waals surface area contributed by atoms with Crippen LogP contribution in [0.3, 0.4) is 0 Å².